The van der Waals surface area contributed by atoms with E-state index in [1.54, 1.807) is 0 Å². The second-order valence-electron chi connectivity index (χ2n) is 8.16. The zero-order valence-corrected chi connectivity index (χ0v) is 16.1. The molecule has 0 aromatic rings. The van der Waals surface area contributed by atoms with Crippen molar-refractivity contribution >= 4 is 17.7 Å². The van der Waals surface area contributed by atoms with E-state index < -0.39 is 0 Å². The van der Waals surface area contributed by atoms with Crippen molar-refractivity contribution in [2.24, 2.45) is 17.8 Å². The lowest BCUT2D eigenvalue weighted by Crippen LogP contribution is -2.50. The van der Waals surface area contributed by atoms with E-state index in [2.05, 4.69) is 35.3 Å². The third-order valence-electron chi connectivity index (χ3n) is 6.58. The molecule has 1 amide bonds. The van der Waals surface area contributed by atoms with Crippen LogP contribution in [0.2, 0.25) is 0 Å². The molecule has 4 N–H and O–H groups in total. The summed E-state index contributed by atoms with van der Waals surface area (Å²) in [5.41, 5.74) is 3.20. The highest BCUT2D eigenvalue weighted by atomic mass is 32.2. The predicted octanol–water partition coefficient (Wildman–Crippen LogP) is 1.54. The van der Waals surface area contributed by atoms with Gasteiger partial charge < -0.3 is 5.32 Å². The molecule has 7 heteroatoms. The maximum absolute atomic E-state index is 12.5. The van der Waals surface area contributed by atoms with E-state index in [0.717, 1.165) is 24.5 Å². The minimum Gasteiger partial charge on any atom is -0.352 e. The van der Waals surface area contributed by atoms with Gasteiger partial charge in [0.05, 0.1) is 17.6 Å². The summed E-state index contributed by atoms with van der Waals surface area (Å²) in [5, 5.41) is 10.7. The summed E-state index contributed by atoms with van der Waals surface area (Å²) in [6.45, 7) is 4.27. The summed E-state index contributed by atoms with van der Waals surface area (Å²) in [6.07, 6.45) is 7.51. The van der Waals surface area contributed by atoms with Gasteiger partial charge in [0.1, 0.15) is 6.23 Å². The zero-order chi connectivity index (χ0) is 17.4. The van der Waals surface area contributed by atoms with Crippen LogP contribution in [-0.2, 0) is 9.63 Å². The Morgan fingerprint density at radius 2 is 2.04 bits per heavy atom. The van der Waals surface area contributed by atoms with Crippen molar-refractivity contribution in [3.8, 4) is 0 Å². The van der Waals surface area contributed by atoms with Crippen molar-refractivity contribution in [2.45, 2.75) is 82.2 Å². The molecule has 4 fully saturated rings. The molecule has 0 radical (unpaired) electrons. The number of fused-ring (bicyclic) bond motifs is 1. The highest BCUT2D eigenvalue weighted by molar-refractivity contribution is 8.00. The van der Waals surface area contributed by atoms with E-state index in [0.29, 0.717) is 29.4 Å². The van der Waals surface area contributed by atoms with Gasteiger partial charge in [0, 0.05) is 11.8 Å². The van der Waals surface area contributed by atoms with Crippen LogP contribution in [0.15, 0.2) is 0 Å². The first-order valence-corrected chi connectivity index (χ1v) is 11.0. The van der Waals surface area contributed by atoms with E-state index in [1.165, 1.54) is 25.7 Å². The number of rotatable bonds is 4. The molecule has 142 valence electrons. The van der Waals surface area contributed by atoms with Crippen LogP contribution in [0.3, 0.4) is 0 Å². The molecule has 7 unspecified atom stereocenters. The quantitative estimate of drug-likeness (QED) is 0.603. The van der Waals surface area contributed by atoms with E-state index in [1.807, 2.05) is 11.8 Å². The third-order valence-corrected chi connectivity index (χ3v) is 7.75. The molecule has 25 heavy (non-hydrogen) atoms. The number of thioether (sulfide) groups is 1. The summed E-state index contributed by atoms with van der Waals surface area (Å²) in [4.78, 5) is 18.1. The second-order valence-corrected chi connectivity index (χ2v) is 9.54. The molecule has 0 spiro atoms. The molecule has 4 aliphatic rings. The SMILES string of the molecule is CCC1NC(C2CCC3C(CC[C@H]3NC(=O)C3CSC(C)N3)C2)NO1. The average molecular weight is 369 g/mol. The summed E-state index contributed by atoms with van der Waals surface area (Å²) >= 11 is 1.83. The standard InChI is InChI=1S/C18H32N4O2S/c1-3-16-21-17(22-24-16)12-4-6-13-11(8-12)5-7-14(13)20-18(23)15-9-25-10(2)19-15/h10-17,19,21-22H,3-9H2,1-2H3,(H,20,23)/t10?,11?,12?,13?,14-,15?,16?,17?/m1/s1. The fourth-order valence-electron chi connectivity index (χ4n) is 5.19. The minimum absolute atomic E-state index is 0.00889. The maximum Gasteiger partial charge on any atom is 0.238 e. The molecule has 4 rings (SSSR count). The van der Waals surface area contributed by atoms with E-state index >= 15 is 0 Å². The van der Waals surface area contributed by atoms with Gasteiger partial charge in [-0.15, -0.1) is 11.8 Å². The zero-order valence-electron chi connectivity index (χ0n) is 15.3. The van der Waals surface area contributed by atoms with E-state index in [4.69, 9.17) is 4.84 Å². The second kappa shape index (κ2) is 7.72. The highest BCUT2D eigenvalue weighted by Gasteiger charge is 2.44. The first-order chi connectivity index (χ1) is 12.1. The Labute approximate surface area is 154 Å². The van der Waals surface area contributed by atoms with Crippen LogP contribution in [0.1, 0.15) is 52.4 Å². The van der Waals surface area contributed by atoms with Gasteiger partial charge in [0.2, 0.25) is 5.91 Å². The van der Waals surface area contributed by atoms with Crippen molar-refractivity contribution in [1.29, 1.82) is 0 Å². The molecule has 8 atom stereocenters. The Bertz CT molecular complexity index is 494. The normalized spacial score (nSPS) is 47.0. The molecule has 0 bridgehead atoms. The first-order valence-electron chi connectivity index (χ1n) is 9.99. The van der Waals surface area contributed by atoms with Gasteiger partial charge >= 0.3 is 0 Å². The Hall–Kier alpha value is -0.340. The molecule has 2 aliphatic carbocycles. The summed E-state index contributed by atoms with van der Waals surface area (Å²) in [7, 11) is 0. The predicted molar refractivity (Wildman–Crippen MR) is 99.6 cm³/mol. The number of carbonyl (C=O) groups excluding carboxylic acids is 1. The highest BCUT2D eigenvalue weighted by Crippen LogP contribution is 2.45. The average Bonchev–Trinajstić information content (AvgIpc) is 3.34. The summed E-state index contributed by atoms with van der Waals surface area (Å²) in [6, 6.07) is 0.371. The van der Waals surface area contributed by atoms with Crippen molar-refractivity contribution in [1.82, 2.24) is 21.4 Å². The van der Waals surface area contributed by atoms with Gasteiger partial charge in [-0.25, -0.2) is 0 Å². The molecule has 0 aromatic heterocycles. The molecule has 2 saturated heterocycles. The number of nitrogens with one attached hydrogen (secondary N) is 4. The van der Waals surface area contributed by atoms with Gasteiger partial charge in [-0.05, 0) is 63.2 Å². The van der Waals surface area contributed by atoms with E-state index in [9.17, 15) is 4.79 Å². The lowest BCUT2D eigenvalue weighted by molar-refractivity contribution is -0.123. The molecule has 6 nitrogen and oxygen atoms in total. The van der Waals surface area contributed by atoms with Gasteiger partial charge in [0.25, 0.3) is 0 Å². The van der Waals surface area contributed by atoms with Crippen LogP contribution >= 0.6 is 11.8 Å². The Balaban J connectivity index is 1.28. The first kappa shape index (κ1) is 18.0. The number of hydroxylamine groups is 1. The van der Waals surface area contributed by atoms with Gasteiger partial charge in [-0.3, -0.25) is 20.3 Å². The van der Waals surface area contributed by atoms with E-state index in [-0.39, 0.29) is 18.2 Å². The topological polar surface area (TPSA) is 74.4 Å². The van der Waals surface area contributed by atoms with Crippen molar-refractivity contribution in [3.05, 3.63) is 0 Å². The van der Waals surface area contributed by atoms with Crippen molar-refractivity contribution in [3.63, 3.8) is 0 Å². The molecule has 2 heterocycles. The fraction of sp³-hybridized carbons (Fsp3) is 0.944. The monoisotopic (exact) mass is 368 g/mol. The third kappa shape index (κ3) is 3.86. The number of carbonyl (C=O) groups is 1. The van der Waals surface area contributed by atoms with Crippen LogP contribution in [0, 0.1) is 17.8 Å². The fourth-order valence-corrected chi connectivity index (χ4v) is 6.18. The van der Waals surface area contributed by atoms with Crippen LogP contribution < -0.4 is 21.4 Å². The Morgan fingerprint density at radius 3 is 2.76 bits per heavy atom. The van der Waals surface area contributed by atoms with Crippen LogP contribution in [0.5, 0.6) is 0 Å². The summed E-state index contributed by atoms with van der Waals surface area (Å²) in [5.74, 6) is 3.16. The maximum atomic E-state index is 12.5. The Kier molecular flexibility index (Phi) is 5.57. The van der Waals surface area contributed by atoms with Gasteiger partial charge in [-0.1, -0.05) is 6.92 Å². The lowest BCUT2D eigenvalue weighted by Gasteiger charge is -2.36. The number of hydrogen-bond acceptors (Lipinski definition) is 6. The molecular weight excluding hydrogens is 336 g/mol. The Morgan fingerprint density at radius 1 is 1.20 bits per heavy atom. The van der Waals surface area contributed by atoms with Gasteiger partial charge in [-0.2, -0.15) is 5.48 Å². The van der Waals surface area contributed by atoms with Crippen LogP contribution in [0.25, 0.3) is 0 Å². The van der Waals surface area contributed by atoms with Crippen LogP contribution in [-0.4, -0.2) is 41.5 Å². The molecule has 2 aliphatic heterocycles. The molecule has 2 saturated carbocycles. The smallest absolute Gasteiger partial charge is 0.238 e. The molecule has 0 aromatic carbocycles. The van der Waals surface area contributed by atoms with Gasteiger partial charge in [0.15, 0.2) is 0 Å². The van der Waals surface area contributed by atoms with Crippen molar-refractivity contribution < 1.29 is 9.63 Å². The number of hydrogen-bond donors (Lipinski definition) is 4. The largest absolute Gasteiger partial charge is 0.352 e. The molecular formula is C18H32N4O2S. The minimum atomic E-state index is -0.00889. The lowest BCUT2D eigenvalue weighted by atomic mass is 9.74. The summed E-state index contributed by atoms with van der Waals surface area (Å²) < 4.78 is 0. The van der Waals surface area contributed by atoms with Crippen LogP contribution in [0.4, 0.5) is 0 Å². The number of amides is 1. The van der Waals surface area contributed by atoms with Crippen molar-refractivity contribution in [2.75, 3.05) is 5.75 Å².